The molecule has 0 heterocycles. The van der Waals surface area contributed by atoms with Gasteiger partial charge in [-0.2, -0.15) is 0 Å². The van der Waals surface area contributed by atoms with Gasteiger partial charge in [0.25, 0.3) is 0 Å². The lowest BCUT2D eigenvalue weighted by molar-refractivity contribution is 0.413. The highest BCUT2D eigenvalue weighted by Crippen LogP contribution is 2.39. The van der Waals surface area contributed by atoms with E-state index >= 15 is 0 Å². The van der Waals surface area contributed by atoms with Gasteiger partial charge in [0.15, 0.2) is 0 Å². The summed E-state index contributed by atoms with van der Waals surface area (Å²) in [4.78, 5) is 0. The van der Waals surface area contributed by atoms with Crippen molar-refractivity contribution < 1.29 is 9.47 Å². The van der Waals surface area contributed by atoms with Crippen LogP contribution < -0.4 is 9.47 Å². The van der Waals surface area contributed by atoms with Crippen LogP contribution in [0.1, 0.15) is 0 Å². The summed E-state index contributed by atoms with van der Waals surface area (Å²) in [5.41, 5.74) is 4.33. The molecular formula is C20H17O2. The molecule has 0 spiro atoms. The van der Waals surface area contributed by atoms with Crippen molar-refractivity contribution in [1.82, 2.24) is 0 Å². The molecule has 2 nitrogen and oxygen atoms in total. The van der Waals surface area contributed by atoms with E-state index in [1.165, 1.54) is 0 Å². The standard InChI is InChI=1S/C20H17O2/c1-21-17-11-6-10-16(14-17)20-18(12-7-13-19(20)22-2)15-8-4-3-5-9-15/h3-12,14H,1-2H3. The van der Waals surface area contributed by atoms with Crippen molar-refractivity contribution >= 4 is 0 Å². The van der Waals surface area contributed by atoms with E-state index in [1.54, 1.807) is 14.2 Å². The number of methoxy groups -OCH3 is 2. The smallest absolute Gasteiger partial charge is 0.135 e. The highest BCUT2D eigenvalue weighted by atomic mass is 16.5. The Labute approximate surface area is 131 Å². The number of benzene rings is 3. The third kappa shape index (κ3) is 2.68. The van der Waals surface area contributed by atoms with Gasteiger partial charge in [-0.25, -0.2) is 0 Å². The molecule has 2 heteroatoms. The van der Waals surface area contributed by atoms with E-state index in [2.05, 4.69) is 30.3 Å². The first-order chi connectivity index (χ1) is 10.8. The first kappa shape index (κ1) is 14.2. The van der Waals surface area contributed by atoms with Gasteiger partial charge >= 0.3 is 0 Å². The molecule has 0 saturated carbocycles. The van der Waals surface area contributed by atoms with Crippen LogP contribution >= 0.6 is 0 Å². The fraction of sp³-hybridized carbons (Fsp3) is 0.100. The van der Waals surface area contributed by atoms with Crippen LogP contribution in [-0.4, -0.2) is 14.2 Å². The van der Waals surface area contributed by atoms with E-state index in [1.807, 2.05) is 42.5 Å². The van der Waals surface area contributed by atoms with Gasteiger partial charge in [0.2, 0.25) is 0 Å². The van der Waals surface area contributed by atoms with E-state index in [9.17, 15) is 0 Å². The van der Waals surface area contributed by atoms with Gasteiger partial charge in [-0.05, 0) is 34.9 Å². The van der Waals surface area contributed by atoms with Crippen LogP contribution in [0.4, 0.5) is 0 Å². The summed E-state index contributed by atoms with van der Waals surface area (Å²) in [5.74, 6) is 1.55. The molecule has 0 N–H and O–H groups in total. The minimum Gasteiger partial charge on any atom is -0.497 e. The Kier molecular flexibility index (Phi) is 4.10. The van der Waals surface area contributed by atoms with E-state index in [0.29, 0.717) is 0 Å². The lowest BCUT2D eigenvalue weighted by Crippen LogP contribution is -1.92. The maximum Gasteiger partial charge on any atom is 0.135 e. The van der Waals surface area contributed by atoms with Crippen LogP contribution in [-0.2, 0) is 0 Å². The Morgan fingerprint density at radius 2 is 1.55 bits per heavy atom. The second-order valence-electron chi connectivity index (χ2n) is 4.90. The van der Waals surface area contributed by atoms with Crippen molar-refractivity contribution in [3.63, 3.8) is 0 Å². The molecule has 109 valence electrons. The van der Waals surface area contributed by atoms with Crippen molar-refractivity contribution in [2.45, 2.75) is 0 Å². The van der Waals surface area contributed by atoms with Gasteiger partial charge in [0.05, 0.1) is 14.2 Å². The molecule has 0 aliphatic heterocycles. The van der Waals surface area contributed by atoms with Gasteiger partial charge < -0.3 is 9.47 Å². The molecule has 0 bridgehead atoms. The second-order valence-corrected chi connectivity index (χ2v) is 4.90. The highest BCUT2D eigenvalue weighted by Gasteiger charge is 2.13. The largest absolute Gasteiger partial charge is 0.497 e. The number of rotatable bonds is 4. The Morgan fingerprint density at radius 1 is 0.773 bits per heavy atom. The minimum absolute atomic E-state index is 0.731. The lowest BCUT2D eigenvalue weighted by Gasteiger charge is -2.15. The average molecular weight is 289 g/mol. The molecule has 0 saturated heterocycles. The van der Waals surface area contributed by atoms with Crippen LogP contribution in [0.5, 0.6) is 11.5 Å². The van der Waals surface area contributed by atoms with Crippen LogP contribution in [0.25, 0.3) is 22.3 Å². The fourth-order valence-corrected chi connectivity index (χ4v) is 2.56. The molecule has 0 aromatic heterocycles. The molecule has 3 rings (SSSR count). The monoisotopic (exact) mass is 289 g/mol. The van der Waals surface area contributed by atoms with E-state index in [4.69, 9.17) is 9.47 Å². The normalized spacial score (nSPS) is 10.3. The Bertz CT molecular complexity index is 764. The van der Waals surface area contributed by atoms with Crippen molar-refractivity contribution in [1.29, 1.82) is 0 Å². The van der Waals surface area contributed by atoms with Gasteiger partial charge in [-0.3, -0.25) is 0 Å². The van der Waals surface area contributed by atoms with Crippen LogP contribution in [0.3, 0.4) is 0 Å². The third-order valence-corrected chi connectivity index (χ3v) is 3.61. The summed E-state index contributed by atoms with van der Waals surface area (Å²) in [6.07, 6.45) is 0. The van der Waals surface area contributed by atoms with Gasteiger partial charge in [-0.1, -0.05) is 48.5 Å². The zero-order chi connectivity index (χ0) is 15.4. The topological polar surface area (TPSA) is 18.5 Å². The summed E-state index contributed by atoms with van der Waals surface area (Å²) in [6.45, 7) is 0. The lowest BCUT2D eigenvalue weighted by atomic mass is 9.93. The second kappa shape index (κ2) is 6.35. The predicted octanol–water partition coefficient (Wildman–Crippen LogP) is 4.84. The van der Waals surface area contributed by atoms with Gasteiger partial charge in [0.1, 0.15) is 11.5 Å². The Morgan fingerprint density at radius 3 is 2.27 bits per heavy atom. The Hall–Kier alpha value is -2.74. The summed E-state index contributed by atoms with van der Waals surface area (Å²) in [7, 11) is 3.34. The summed E-state index contributed by atoms with van der Waals surface area (Å²) >= 11 is 0. The average Bonchev–Trinajstić information content (AvgIpc) is 2.61. The molecule has 3 aromatic rings. The van der Waals surface area contributed by atoms with Crippen molar-refractivity contribution in [2.24, 2.45) is 0 Å². The summed E-state index contributed by atoms with van der Waals surface area (Å²) in [5, 5.41) is 0. The molecule has 0 aliphatic rings. The van der Waals surface area contributed by atoms with Crippen molar-refractivity contribution in [3.05, 3.63) is 72.8 Å². The fourth-order valence-electron chi connectivity index (χ4n) is 2.56. The van der Waals surface area contributed by atoms with E-state index < -0.39 is 0 Å². The molecule has 0 aliphatic carbocycles. The van der Waals surface area contributed by atoms with Crippen LogP contribution in [0.2, 0.25) is 0 Å². The molecule has 0 atom stereocenters. The first-order valence-electron chi connectivity index (χ1n) is 7.12. The summed E-state index contributed by atoms with van der Waals surface area (Å²) < 4.78 is 10.9. The SMILES string of the molecule is COc1cccc(-c2c(OC)[c]ccc2-c2ccccc2)c1. The molecule has 0 unspecified atom stereocenters. The third-order valence-electron chi connectivity index (χ3n) is 3.61. The molecule has 3 aromatic carbocycles. The zero-order valence-corrected chi connectivity index (χ0v) is 12.7. The first-order valence-corrected chi connectivity index (χ1v) is 7.12. The van der Waals surface area contributed by atoms with Gasteiger partial charge in [-0.15, -0.1) is 0 Å². The minimum atomic E-state index is 0.731. The number of ether oxygens (including phenoxy) is 2. The highest BCUT2D eigenvalue weighted by molar-refractivity contribution is 5.87. The van der Waals surface area contributed by atoms with Crippen molar-refractivity contribution in [2.75, 3.05) is 14.2 Å². The Balaban J connectivity index is 2.24. The zero-order valence-electron chi connectivity index (χ0n) is 12.7. The number of hydrogen-bond donors (Lipinski definition) is 0. The van der Waals surface area contributed by atoms with Gasteiger partial charge in [0, 0.05) is 11.6 Å². The van der Waals surface area contributed by atoms with E-state index in [0.717, 1.165) is 33.8 Å². The number of hydrogen-bond acceptors (Lipinski definition) is 2. The van der Waals surface area contributed by atoms with Crippen molar-refractivity contribution in [3.8, 4) is 33.8 Å². The molecule has 22 heavy (non-hydrogen) atoms. The van der Waals surface area contributed by atoms with E-state index in [-0.39, 0.29) is 0 Å². The molecule has 0 amide bonds. The summed E-state index contributed by atoms with van der Waals surface area (Å²) in [6, 6.07) is 25.4. The quantitative estimate of drug-likeness (QED) is 0.684. The van der Waals surface area contributed by atoms with Crippen LogP contribution in [0.15, 0.2) is 66.7 Å². The van der Waals surface area contributed by atoms with Crippen LogP contribution in [0, 0.1) is 6.07 Å². The molecule has 0 fully saturated rings. The molecule has 1 radical (unpaired) electrons. The maximum absolute atomic E-state index is 5.54. The predicted molar refractivity (Wildman–Crippen MR) is 89.3 cm³/mol. The maximum atomic E-state index is 5.54. The molecular weight excluding hydrogens is 272 g/mol.